The predicted molar refractivity (Wildman–Crippen MR) is 70.2 cm³/mol. The summed E-state index contributed by atoms with van der Waals surface area (Å²) < 4.78 is 1.99. The van der Waals surface area contributed by atoms with Gasteiger partial charge in [-0.25, -0.2) is 0 Å². The molecule has 0 fully saturated rings. The van der Waals surface area contributed by atoms with Crippen LogP contribution in [0.3, 0.4) is 0 Å². The Bertz CT molecular complexity index is 312. The summed E-state index contributed by atoms with van der Waals surface area (Å²) in [4.78, 5) is 11.1. The quantitative estimate of drug-likeness (QED) is 0.379. The fourth-order valence-electron chi connectivity index (χ4n) is 0.865. The van der Waals surface area contributed by atoms with Crippen LogP contribution in [0.2, 0.25) is 0 Å². The molecule has 0 unspecified atom stereocenters. The largest absolute Gasteiger partial charge is 0.282 e. The molecule has 1 aromatic carbocycles. The first-order valence-corrected chi connectivity index (χ1v) is 6.59. The number of halogens is 3. The minimum Gasteiger partial charge on any atom is -0.282 e. The minimum absolute atomic E-state index is 0.103. The van der Waals surface area contributed by atoms with E-state index in [1.54, 1.807) is 0 Å². The van der Waals surface area contributed by atoms with Crippen LogP contribution in [-0.2, 0) is 4.43 Å². The lowest BCUT2D eigenvalue weighted by Crippen LogP contribution is -1.94. The van der Waals surface area contributed by atoms with E-state index >= 15 is 0 Å². The zero-order valence-electron chi connectivity index (χ0n) is 5.98. The van der Waals surface area contributed by atoms with Gasteiger partial charge in [0.1, 0.15) is 0 Å². The molecule has 0 spiro atoms. The number of hydrogen-bond donors (Lipinski definition) is 0. The third kappa shape index (κ3) is 2.66. The first-order valence-electron chi connectivity index (χ1n) is 3.19. The lowest BCUT2D eigenvalue weighted by Gasteiger charge is -2.02. The Morgan fingerprint density at radius 1 is 1.50 bits per heavy atom. The molecule has 0 radical (unpaired) electrons. The Kier molecular flexibility index (Phi) is 4.45. The minimum atomic E-state index is 0.103. The molecular weight excluding hydrogens is 446 g/mol. The second-order valence-corrected chi connectivity index (χ2v) is 4.87. The number of carbonyl (C=O) groups excluding carboxylic acids is 1. The maximum Gasteiger partial charge on any atom is 0.222 e. The van der Waals surface area contributed by atoms with Crippen LogP contribution in [-0.4, -0.2) is 3.79 Å². The summed E-state index contributed by atoms with van der Waals surface area (Å²) in [6.07, 6.45) is 0. The van der Waals surface area contributed by atoms with Crippen molar-refractivity contribution >= 4 is 64.9 Å². The van der Waals surface area contributed by atoms with E-state index in [1.807, 2.05) is 40.8 Å². The van der Waals surface area contributed by atoms with E-state index in [0.29, 0.717) is 0 Å². The summed E-state index contributed by atoms with van der Waals surface area (Å²) >= 11 is 7.43. The van der Waals surface area contributed by atoms with E-state index in [4.69, 9.17) is 0 Å². The normalized spacial score (nSPS) is 9.92. The molecular formula is C8H5BrI2O. The lowest BCUT2D eigenvalue weighted by atomic mass is 10.1. The number of benzene rings is 1. The third-order valence-corrected chi connectivity index (χ3v) is 3.32. The molecule has 0 aliphatic rings. The molecule has 1 nitrogen and oxygen atoms in total. The molecule has 0 aliphatic heterocycles. The molecule has 0 saturated carbocycles. The van der Waals surface area contributed by atoms with Gasteiger partial charge in [0, 0.05) is 37.1 Å². The van der Waals surface area contributed by atoms with E-state index in [2.05, 4.69) is 38.5 Å². The number of hydrogen-bond acceptors (Lipinski definition) is 1. The SMILES string of the molecule is O=C(I)c1ccc(Br)cc1CI. The Hall–Kier alpha value is 0.830. The molecule has 0 heterocycles. The molecule has 1 aromatic rings. The highest BCUT2D eigenvalue weighted by molar-refractivity contribution is 14.1. The molecule has 64 valence electrons. The van der Waals surface area contributed by atoms with Gasteiger partial charge in [0.2, 0.25) is 3.79 Å². The van der Waals surface area contributed by atoms with Crippen molar-refractivity contribution in [2.24, 2.45) is 0 Å². The van der Waals surface area contributed by atoms with Crippen molar-refractivity contribution < 1.29 is 4.79 Å². The second-order valence-electron chi connectivity index (χ2n) is 2.21. The van der Waals surface area contributed by atoms with Crippen LogP contribution in [0, 0.1) is 0 Å². The average molecular weight is 451 g/mol. The van der Waals surface area contributed by atoms with Gasteiger partial charge in [-0.05, 0) is 23.8 Å². The number of alkyl halides is 1. The molecule has 0 atom stereocenters. The molecule has 1 rings (SSSR count). The van der Waals surface area contributed by atoms with Crippen LogP contribution in [0.4, 0.5) is 0 Å². The Labute approximate surface area is 107 Å². The van der Waals surface area contributed by atoms with E-state index < -0.39 is 0 Å². The van der Waals surface area contributed by atoms with Gasteiger partial charge in [0.25, 0.3) is 0 Å². The fourth-order valence-corrected chi connectivity index (χ4v) is 2.43. The van der Waals surface area contributed by atoms with Crippen LogP contribution in [0.1, 0.15) is 15.9 Å². The highest BCUT2D eigenvalue weighted by Gasteiger charge is 2.06. The van der Waals surface area contributed by atoms with Gasteiger partial charge in [0.05, 0.1) is 0 Å². The smallest absolute Gasteiger partial charge is 0.222 e. The van der Waals surface area contributed by atoms with Gasteiger partial charge in [0.15, 0.2) is 0 Å². The van der Waals surface area contributed by atoms with Gasteiger partial charge in [-0.2, -0.15) is 0 Å². The number of carbonyl (C=O) groups is 1. The third-order valence-electron chi connectivity index (χ3n) is 1.42. The summed E-state index contributed by atoms with van der Waals surface area (Å²) in [7, 11) is 0. The highest BCUT2D eigenvalue weighted by Crippen LogP contribution is 2.21. The summed E-state index contributed by atoms with van der Waals surface area (Å²) in [5.74, 6) is 0. The zero-order valence-corrected chi connectivity index (χ0v) is 11.9. The molecule has 12 heavy (non-hydrogen) atoms. The Balaban J connectivity index is 3.20. The van der Waals surface area contributed by atoms with E-state index in [0.717, 1.165) is 20.0 Å². The topological polar surface area (TPSA) is 17.1 Å². The van der Waals surface area contributed by atoms with E-state index in [1.165, 1.54) is 0 Å². The first kappa shape index (κ1) is 10.9. The van der Waals surface area contributed by atoms with Gasteiger partial charge in [-0.15, -0.1) is 0 Å². The van der Waals surface area contributed by atoms with Crippen molar-refractivity contribution in [3.8, 4) is 0 Å². The van der Waals surface area contributed by atoms with Crippen LogP contribution in [0.15, 0.2) is 22.7 Å². The van der Waals surface area contributed by atoms with Gasteiger partial charge < -0.3 is 0 Å². The van der Waals surface area contributed by atoms with Gasteiger partial charge in [-0.1, -0.05) is 38.5 Å². The molecule has 0 N–H and O–H groups in total. The van der Waals surface area contributed by atoms with Gasteiger partial charge >= 0.3 is 0 Å². The van der Waals surface area contributed by atoms with Crippen LogP contribution in [0.5, 0.6) is 0 Å². The van der Waals surface area contributed by atoms with Crippen LogP contribution in [0.25, 0.3) is 0 Å². The first-order chi connectivity index (χ1) is 5.65. The summed E-state index contributed by atoms with van der Waals surface area (Å²) in [5, 5.41) is 0. The number of rotatable bonds is 2. The molecule has 0 aliphatic carbocycles. The van der Waals surface area contributed by atoms with Crippen molar-refractivity contribution in [3.05, 3.63) is 33.8 Å². The second kappa shape index (κ2) is 4.90. The van der Waals surface area contributed by atoms with E-state index in [-0.39, 0.29) is 3.79 Å². The highest BCUT2D eigenvalue weighted by atomic mass is 127. The van der Waals surface area contributed by atoms with Crippen molar-refractivity contribution in [1.29, 1.82) is 0 Å². The maximum atomic E-state index is 11.1. The summed E-state index contributed by atoms with van der Waals surface area (Å²) in [6, 6.07) is 5.73. The van der Waals surface area contributed by atoms with Crippen molar-refractivity contribution in [2.75, 3.05) is 0 Å². The molecule has 4 heteroatoms. The monoisotopic (exact) mass is 450 g/mol. The average Bonchev–Trinajstić information content (AvgIpc) is 2.03. The predicted octanol–water partition coefficient (Wildman–Crippen LogP) is 3.96. The fraction of sp³-hybridized carbons (Fsp3) is 0.125. The summed E-state index contributed by atoms with van der Waals surface area (Å²) in [6.45, 7) is 0. The van der Waals surface area contributed by atoms with Crippen LogP contribution < -0.4 is 0 Å². The molecule has 0 amide bonds. The standard InChI is InChI=1S/C8H5BrI2O/c9-6-1-2-7(8(11)12)5(3-6)4-10/h1-3H,4H2. The Morgan fingerprint density at radius 2 is 2.17 bits per heavy atom. The maximum absolute atomic E-state index is 11.1. The van der Waals surface area contributed by atoms with Crippen molar-refractivity contribution in [1.82, 2.24) is 0 Å². The van der Waals surface area contributed by atoms with Crippen molar-refractivity contribution in [2.45, 2.75) is 4.43 Å². The van der Waals surface area contributed by atoms with E-state index in [9.17, 15) is 4.79 Å². The Morgan fingerprint density at radius 3 is 2.67 bits per heavy atom. The van der Waals surface area contributed by atoms with Crippen molar-refractivity contribution in [3.63, 3.8) is 0 Å². The van der Waals surface area contributed by atoms with Gasteiger partial charge in [-0.3, -0.25) is 4.79 Å². The molecule has 0 saturated heterocycles. The summed E-state index contributed by atoms with van der Waals surface area (Å²) in [5.41, 5.74) is 1.90. The van der Waals surface area contributed by atoms with Crippen LogP contribution >= 0.6 is 61.1 Å². The molecule has 0 bridgehead atoms. The zero-order chi connectivity index (χ0) is 9.14. The molecule has 0 aromatic heterocycles. The lowest BCUT2D eigenvalue weighted by molar-refractivity contribution is 0.110.